The van der Waals surface area contributed by atoms with E-state index in [1.54, 1.807) is 40.1 Å². The first-order valence-corrected chi connectivity index (χ1v) is 18.6. The van der Waals surface area contributed by atoms with Crippen molar-refractivity contribution in [3.63, 3.8) is 0 Å². The van der Waals surface area contributed by atoms with Gasteiger partial charge in [-0.15, -0.1) is 6.58 Å². The summed E-state index contributed by atoms with van der Waals surface area (Å²) in [6, 6.07) is 5.04. The monoisotopic (exact) mass is 711 g/mol. The molecule has 14 nitrogen and oxygen atoms in total. The first-order valence-electron chi connectivity index (χ1n) is 17.0. The highest BCUT2D eigenvalue weighted by atomic mass is 32.2. The van der Waals surface area contributed by atoms with Crippen molar-refractivity contribution in [3.05, 3.63) is 43.1 Å². The summed E-state index contributed by atoms with van der Waals surface area (Å²) in [6.45, 7) is 9.12. The molecule has 0 radical (unpaired) electrons. The van der Waals surface area contributed by atoms with Crippen LogP contribution in [0.4, 0.5) is 4.79 Å². The van der Waals surface area contributed by atoms with Gasteiger partial charge >= 0.3 is 6.09 Å². The Morgan fingerprint density at radius 3 is 2.44 bits per heavy atom. The Kier molecular flexibility index (Phi) is 9.48. The first kappa shape index (κ1) is 35.4. The van der Waals surface area contributed by atoms with E-state index in [4.69, 9.17) is 14.2 Å². The summed E-state index contributed by atoms with van der Waals surface area (Å²) < 4.78 is 44.7. The lowest BCUT2D eigenvalue weighted by molar-refractivity contribution is -0.143. The van der Waals surface area contributed by atoms with Crippen LogP contribution in [0, 0.1) is 11.3 Å². The molecule has 1 aromatic heterocycles. The van der Waals surface area contributed by atoms with Crippen LogP contribution < -0.4 is 24.8 Å². The Morgan fingerprint density at radius 1 is 1.10 bits per heavy atom. The van der Waals surface area contributed by atoms with Crippen molar-refractivity contribution in [3.8, 4) is 11.6 Å². The minimum atomic E-state index is -3.89. The van der Waals surface area contributed by atoms with Gasteiger partial charge in [0.25, 0.3) is 5.91 Å². The molecule has 4 aliphatic rings. The summed E-state index contributed by atoms with van der Waals surface area (Å²) in [6.07, 6.45) is 5.05. The molecule has 270 valence electrons. The standard InChI is InChI=1S/C35H45N5O9S/c1-6-21-18-35(21,32(43)39-50(45,46)25-11-12-25)38-29(41)27-17-24(48-30-26-13-10-23(47-5)16-20(26)14-15-36-30)19-40(27)31(42)28(34(2,3)4)37-33(44)49-22-8-7-9-22/h6,10,13-16,21-22,24-25,27-28H,1,7-9,11-12,17-19H2,2-5H3,(H,37,44)(H,38,41)(H,39,43). The van der Waals surface area contributed by atoms with E-state index in [0.717, 1.165) is 24.6 Å². The van der Waals surface area contributed by atoms with Gasteiger partial charge in [-0.1, -0.05) is 26.8 Å². The van der Waals surface area contributed by atoms with Gasteiger partial charge in [-0.25, -0.2) is 18.2 Å². The van der Waals surface area contributed by atoms with Crippen molar-refractivity contribution in [2.45, 2.75) is 101 Å². The topological polar surface area (TPSA) is 182 Å². The Morgan fingerprint density at radius 2 is 1.84 bits per heavy atom. The molecule has 5 unspecified atom stereocenters. The summed E-state index contributed by atoms with van der Waals surface area (Å²) in [5, 5.41) is 6.40. The number of pyridine rings is 1. The number of fused-ring (bicyclic) bond motifs is 1. The summed E-state index contributed by atoms with van der Waals surface area (Å²) in [7, 11) is -2.32. The van der Waals surface area contributed by atoms with E-state index in [1.165, 1.54) is 11.0 Å². The molecule has 1 aromatic carbocycles. The van der Waals surface area contributed by atoms with Gasteiger partial charge in [0, 0.05) is 23.9 Å². The summed E-state index contributed by atoms with van der Waals surface area (Å²) in [4.78, 5) is 60.7. The average molecular weight is 712 g/mol. The van der Waals surface area contributed by atoms with E-state index in [0.29, 0.717) is 29.9 Å². The second-order valence-electron chi connectivity index (χ2n) is 14.8. The van der Waals surface area contributed by atoms with Gasteiger partial charge in [0.05, 0.1) is 18.9 Å². The van der Waals surface area contributed by atoms with Crippen molar-refractivity contribution >= 4 is 44.6 Å². The zero-order valence-electron chi connectivity index (χ0n) is 28.8. The van der Waals surface area contributed by atoms with E-state index in [1.807, 2.05) is 18.2 Å². The normalized spacial score (nSPS) is 25.5. The van der Waals surface area contributed by atoms with Gasteiger partial charge in [0.1, 0.15) is 35.6 Å². The summed E-state index contributed by atoms with van der Waals surface area (Å²) >= 11 is 0. The molecular weight excluding hydrogens is 666 g/mol. The third-order valence-electron chi connectivity index (χ3n) is 10.0. The Hall–Kier alpha value is -4.40. The molecule has 50 heavy (non-hydrogen) atoms. The maximum atomic E-state index is 14.4. The number of alkyl carbamates (subject to hydrolysis) is 1. The second-order valence-corrected chi connectivity index (χ2v) is 16.7. The number of hydrogen-bond donors (Lipinski definition) is 3. The maximum absolute atomic E-state index is 14.4. The Balaban J connectivity index is 1.27. The van der Waals surface area contributed by atoms with E-state index < -0.39 is 74.1 Å². The zero-order valence-corrected chi connectivity index (χ0v) is 29.6. The van der Waals surface area contributed by atoms with Gasteiger partial charge in [-0.2, -0.15) is 0 Å². The molecule has 3 saturated carbocycles. The highest BCUT2D eigenvalue weighted by Gasteiger charge is 2.62. The Bertz CT molecular complexity index is 1800. The molecule has 6 rings (SSSR count). The van der Waals surface area contributed by atoms with Crippen LogP contribution in [0.2, 0.25) is 0 Å². The third-order valence-corrected chi connectivity index (χ3v) is 11.8. The molecule has 0 spiro atoms. The summed E-state index contributed by atoms with van der Waals surface area (Å²) in [5.74, 6) is -1.59. The third kappa shape index (κ3) is 7.23. The fourth-order valence-electron chi connectivity index (χ4n) is 6.51. The Labute approximate surface area is 291 Å². The molecule has 2 heterocycles. The fraction of sp³-hybridized carbons (Fsp3) is 0.571. The van der Waals surface area contributed by atoms with E-state index in [-0.39, 0.29) is 25.5 Å². The lowest BCUT2D eigenvalue weighted by atomic mass is 9.85. The van der Waals surface area contributed by atoms with Crippen molar-refractivity contribution in [2.24, 2.45) is 11.3 Å². The van der Waals surface area contributed by atoms with E-state index >= 15 is 0 Å². The number of methoxy groups -OCH3 is 1. The number of nitrogens with one attached hydrogen (secondary N) is 3. The number of ether oxygens (including phenoxy) is 3. The van der Waals surface area contributed by atoms with Crippen LogP contribution in [0.3, 0.4) is 0 Å². The lowest BCUT2D eigenvalue weighted by Gasteiger charge is -2.36. The van der Waals surface area contributed by atoms with Crippen molar-refractivity contribution in [1.29, 1.82) is 0 Å². The second kappa shape index (κ2) is 13.4. The number of sulfonamides is 1. The zero-order chi connectivity index (χ0) is 36.0. The molecule has 1 aliphatic heterocycles. The molecule has 15 heteroatoms. The van der Waals surface area contributed by atoms with Crippen LogP contribution >= 0.6 is 0 Å². The number of amides is 4. The molecule has 5 atom stereocenters. The number of aromatic nitrogens is 1. The van der Waals surface area contributed by atoms with Crippen LogP contribution in [-0.4, -0.2) is 90.9 Å². The fourth-order valence-corrected chi connectivity index (χ4v) is 7.87. The van der Waals surface area contributed by atoms with E-state index in [9.17, 15) is 27.6 Å². The minimum Gasteiger partial charge on any atom is -0.497 e. The van der Waals surface area contributed by atoms with Crippen molar-refractivity contribution < 1.29 is 41.8 Å². The van der Waals surface area contributed by atoms with Gasteiger partial charge in [-0.3, -0.25) is 19.1 Å². The minimum absolute atomic E-state index is 0.0305. The van der Waals surface area contributed by atoms with Crippen LogP contribution in [0.25, 0.3) is 10.8 Å². The number of carbonyl (C=O) groups excluding carboxylic acids is 4. The number of rotatable bonds is 12. The van der Waals surface area contributed by atoms with Crippen molar-refractivity contribution in [1.82, 2.24) is 25.2 Å². The summed E-state index contributed by atoms with van der Waals surface area (Å²) in [5.41, 5.74) is -2.33. The first-order chi connectivity index (χ1) is 23.6. The van der Waals surface area contributed by atoms with Crippen molar-refractivity contribution in [2.75, 3.05) is 13.7 Å². The lowest BCUT2D eigenvalue weighted by Crippen LogP contribution is -2.60. The number of likely N-dealkylation sites (tertiary alicyclic amines) is 1. The predicted octanol–water partition coefficient (Wildman–Crippen LogP) is 2.95. The molecule has 0 bridgehead atoms. The highest BCUT2D eigenvalue weighted by molar-refractivity contribution is 7.91. The van der Waals surface area contributed by atoms with Crippen LogP contribution in [0.5, 0.6) is 11.6 Å². The van der Waals surface area contributed by atoms with Crippen LogP contribution in [0.1, 0.15) is 65.7 Å². The number of nitrogens with zero attached hydrogens (tertiary/aromatic N) is 2. The molecule has 1 saturated heterocycles. The van der Waals surface area contributed by atoms with Crippen LogP contribution in [0.15, 0.2) is 43.1 Å². The largest absolute Gasteiger partial charge is 0.497 e. The smallest absolute Gasteiger partial charge is 0.408 e. The van der Waals surface area contributed by atoms with Gasteiger partial charge in [-0.05, 0) is 73.6 Å². The quantitative estimate of drug-likeness (QED) is 0.277. The highest BCUT2D eigenvalue weighted by Crippen LogP contribution is 2.45. The molecule has 3 N–H and O–H groups in total. The maximum Gasteiger partial charge on any atom is 0.408 e. The molecule has 2 aromatic rings. The predicted molar refractivity (Wildman–Crippen MR) is 183 cm³/mol. The average Bonchev–Trinajstić information content (AvgIpc) is 3.97. The number of carbonyl (C=O) groups is 4. The number of benzene rings is 1. The molecule has 4 amide bonds. The van der Waals surface area contributed by atoms with Gasteiger partial charge < -0.3 is 29.7 Å². The molecule has 3 aliphatic carbocycles. The SMILES string of the molecule is C=CC1CC1(NC(=O)C1CC(Oc2nccc3cc(OC)ccc23)CN1C(=O)C(NC(=O)OC1CCC1)C(C)(C)C)C(=O)NS(=O)(=O)C1CC1. The van der Waals surface area contributed by atoms with E-state index in [2.05, 4.69) is 26.9 Å². The number of hydrogen-bond acceptors (Lipinski definition) is 10. The van der Waals surface area contributed by atoms with Crippen LogP contribution in [-0.2, 0) is 29.1 Å². The molecular formula is C35H45N5O9S. The molecule has 4 fully saturated rings. The van der Waals surface area contributed by atoms with Gasteiger partial charge in [0.15, 0.2) is 0 Å². The van der Waals surface area contributed by atoms with Gasteiger partial charge in [0.2, 0.25) is 27.7 Å².